The van der Waals surface area contributed by atoms with Crippen molar-refractivity contribution in [2.75, 3.05) is 6.61 Å². The van der Waals surface area contributed by atoms with Gasteiger partial charge in [0.2, 0.25) is 0 Å². The van der Waals surface area contributed by atoms with Crippen LogP contribution in [0.2, 0.25) is 0 Å². The third kappa shape index (κ3) is 6.30. The zero-order chi connectivity index (χ0) is 9.56. The first-order valence-electron chi connectivity index (χ1n) is 3.38. The molecule has 0 aromatic rings. The van der Waals surface area contributed by atoms with Crippen LogP contribution in [-0.2, 0) is 13.9 Å². The summed E-state index contributed by atoms with van der Waals surface area (Å²) < 4.78 is 14.3. The summed E-state index contributed by atoms with van der Waals surface area (Å²) in [5.74, 6) is -1.08. The number of hydrogen-bond donors (Lipinski definition) is 3. The van der Waals surface area contributed by atoms with Gasteiger partial charge in [0.25, 0.3) is 0 Å². The molecule has 0 aliphatic heterocycles. The van der Waals surface area contributed by atoms with Crippen LogP contribution in [0.4, 0.5) is 0 Å². The van der Waals surface area contributed by atoms with Crippen LogP contribution in [0.15, 0.2) is 0 Å². The minimum atomic E-state index is -2.89. The molecule has 0 aromatic heterocycles. The van der Waals surface area contributed by atoms with Crippen molar-refractivity contribution in [3.05, 3.63) is 0 Å². The lowest BCUT2D eigenvalue weighted by atomic mass is 10.2. The molecule has 7 heteroatoms. The molecular weight excluding hydrogens is 185 g/mol. The van der Waals surface area contributed by atoms with Gasteiger partial charge in [0, 0.05) is 0 Å². The Balaban J connectivity index is 3.31. The Hall–Kier alpha value is -0.420. The van der Waals surface area contributed by atoms with Gasteiger partial charge in [-0.3, -0.25) is 9.36 Å². The molecule has 0 heterocycles. The van der Waals surface area contributed by atoms with E-state index in [0.717, 1.165) is 0 Å². The lowest BCUT2D eigenvalue weighted by molar-refractivity contribution is -0.138. The summed E-state index contributed by atoms with van der Waals surface area (Å²) in [6.07, 6.45) is 0.606. The fourth-order valence-electron chi connectivity index (χ4n) is 0.586. The van der Waals surface area contributed by atoms with E-state index in [4.69, 9.17) is 15.7 Å². The molecule has 6 nitrogen and oxygen atoms in total. The van der Waals surface area contributed by atoms with Crippen LogP contribution in [0.1, 0.15) is 12.8 Å². The Kier molecular flexibility index (Phi) is 5.92. The van der Waals surface area contributed by atoms with E-state index in [9.17, 15) is 9.36 Å². The van der Waals surface area contributed by atoms with Gasteiger partial charge in [-0.1, -0.05) is 0 Å². The maximum absolute atomic E-state index is 10.2. The number of rotatable bonds is 6. The number of aliphatic carboxylic acids is 1. The average Bonchev–Trinajstić information content (AvgIpc) is 1.97. The van der Waals surface area contributed by atoms with E-state index < -0.39 is 20.3 Å². The molecule has 0 aliphatic carbocycles. The summed E-state index contributed by atoms with van der Waals surface area (Å²) >= 11 is 0. The second kappa shape index (κ2) is 6.14. The lowest BCUT2D eigenvalue weighted by Crippen LogP contribution is -2.30. The Morgan fingerprint density at radius 1 is 1.67 bits per heavy atom. The van der Waals surface area contributed by atoms with Crippen LogP contribution in [0.3, 0.4) is 0 Å². The molecule has 0 rings (SSSR count). The van der Waals surface area contributed by atoms with Gasteiger partial charge in [-0.15, -0.1) is 0 Å². The molecule has 12 heavy (non-hydrogen) atoms. The number of carboxylic acids is 1. The van der Waals surface area contributed by atoms with E-state index in [0.29, 0.717) is 6.42 Å². The molecule has 0 radical (unpaired) electrons. The summed E-state index contributed by atoms with van der Waals surface area (Å²) in [6.45, 7) is 0.0648. The first kappa shape index (κ1) is 11.6. The van der Waals surface area contributed by atoms with Crippen molar-refractivity contribution in [1.82, 2.24) is 0 Å². The molecule has 0 saturated carbocycles. The third-order valence-corrected chi connectivity index (χ3v) is 1.65. The summed E-state index contributed by atoms with van der Waals surface area (Å²) in [5, 5.41) is 8.32. The molecular formula is C5H12NO5P. The highest BCUT2D eigenvalue weighted by Crippen LogP contribution is 2.14. The number of carboxylic acid groups (broad SMARTS) is 1. The van der Waals surface area contributed by atoms with Crippen molar-refractivity contribution in [2.45, 2.75) is 18.9 Å². The number of nitrogens with two attached hydrogens (primary N) is 1. The standard InChI is InChI=1S/C5H12NO5P/c6-4(5(7)8)2-1-3-11-12(9)10/h4,12H,1-3,6H2,(H,7,8)(H,9,10)/t4-/m1/s1. The third-order valence-electron chi connectivity index (χ3n) is 1.20. The molecule has 0 saturated heterocycles. The molecule has 0 amide bonds. The second-order valence-electron chi connectivity index (χ2n) is 2.20. The van der Waals surface area contributed by atoms with Gasteiger partial charge in [-0.05, 0) is 12.8 Å². The number of carbonyl (C=O) groups is 1. The van der Waals surface area contributed by atoms with Crippen molar-refractivity contribution < 1.29 is 23.9 Å². The van der Waals surface area contributed by atoms with Crippen LogP contribution in [0.25, 0.3) is 0 Å². The van der Waals surface area contributed by atoms with Crippen LogP contribution >= 0.6 is 8.25 Å². The second-order valence-corrected chi connectivity index (χ2v) is 3.02. The van der Waals surface area contributed by atoms with Crippen molar-refractivity contribution in [3.8, 4) is 0 Å². The predicted octanol–water partition coefficient (Wildman–Crippen LogP) is -0.423. The Bertz CT molecular complexity index is 173. The quantitative estimate of drug-likeness (QED) is 0.394. The monoisotopic (exact) mass is 197 g/mol. The maximum Gasteiger partial charge on any atom is 0.320 e. The first-order valence-corrected chi connectivity index (χ1v) is 4.64. The van der Waals surface area contributed by atoms with Crippen molar-refractivity contribution in [2.24, 2.45) is 5.73 Å². The number of hydrogen-bond acceptors (Lipinski definition) is 4. The highest BCUT2D eigenvalue weighted by atomic mass is 31.1. The fourth-order valence-corrected chi connectivity index (χ4v) is 0.905. The summed E-state index contributed by atoms with van der Waals surface area (Å²) in [4.78, 5) is 18.4. The van der Waals surface area contributed by atoms with Gasteiger partial charge in [0.15, 0.2) is 0 Å². The van der Waals surface area contributed by atoms with Crippen LogP contribution in [0, 0.1) is 0 Å². The van der Waals surface area contributed by atoms with E-state index in [1.165, 1.54) is 0 Å². The molecule has 0 bridgehead atoms. The van der Waals surface area contributed by atoms with Crippen LogP contribution in [0.5, 0.6) is 0 Å². The van der Waals surface area contributed by atoms with Crippen molar-refractivity contribution >= 4 is 14.2 Å². The Labute approximate surface area is 70.3 Å². The van der Waals surface area contributed by atoms with Crippen molar-refractivity contribution in [3.63, 3.8) is 0 Å². The van der Waals surface area contributed by atoms with E-state index in [2.05, 4.69) is 4.52 Å². The van der Waals surface area contributed by atoms with E-state index in [-0.39, 0.29) is 13.0 Å². The Morgan fingerprint density at radius 3 is 2.67 bits per heavy atom. The predicted molar refractivity (Wildman–Crippen MR) is 42.0 cm³/mol. The molecule has 2 atom stereocenters. The zero-order valence-electron chi connectivity index (χ0n) is 6.40. The average molecular weight is 197 g/mol. The molecule has 0 aromatic carbocycles. The lowest BCUT2D eigenvalue weighted by Gasteiger charge is -2.04. The highest BCUT2D eigenvalue weighted by molar-refractivity contribution is 7.32. The highest BCUT2D eigenvalue weighted by Gasteiger charge is 2.10. The van der Waals surface area contributed by atoms with Crippen LogP contribution in [-0.4, -0.2) is 28.6 Å². The molecule has 0 fully saturated rings. The van der Waals surface area contributed by atoms with Gasteiger partial charge in [-0.25, -0.2) is 0 Å². The van der Waals surface area contributed by atoms with E-state index >= 15 is 0 Å². The van der Waals surface area contributed by atoms with Crippen LogP contribution < -0.4 is 5.73 Å². The summed E-state index contributed by atoms with van der Waals surface area (Å²) in [7, 11) is -2.89. The zero-order valence-corrected chi connectivity index (χ0v) is 7.40. The molecule has 0 aliphatic rings. The first-order chi connectivity index (χ1) is 5.54. The normalized spacial score (nSPS) is 15.5. The summed E-state index contributed by atoms with van der Waals surface area (Å²) in [5.41, 5.74) is 5.15. The fraction of sp³-hybridized carbons (Fsp3) is 0.800. The minimum Gasteiger partial charge on any atom is -0.480 e. The van der Waals surface area contributed by atoms with Crippen molar-refractivity contribution in [1.29, 1.82) is 0 Å². The summed E-state index contributed by atoms with van der Waals surface area (Å²) in [6, 6.07) is -0.922. The minimum absolute atomic E-state index is 0.0648. The van der Waals surface area contributed by atoms with Gasteiger partial charge in [0.1, 0.15) is 6.04 Å². The SMILES string of the molecule is N[C@H](CCCO[PH](=O)O)C(=O)O. The molecule has 4 N–H and O–H groups in total. The largest absolute Gasteiger partial charge is 0.480 e. The topological polar surface area (TPSA) is 110 Å². The molecule has 1 unspecified atom stereocenters. The van der Waals surface area contributed by atoms with Gasteiger partial charge < -0.3 is 20.3 Å². The van der Waals surface area contributed by atoms with Gasteiger partial charge >= 0.3 is 14.2 Å². The van der Waals surface area contributed by atoms with Gasteiger partial charge in [0.05, 0.1) is 6.61 Å². The Morgan fingerprint density at radius 2 is 2.25 bits per heavy atom. The van der Waals surface area contributed by atoms with E-state index in [1.54, 1.807) is 0 Å². The van der Waals surface area contributed by atoms with E-state index in [1.807, 2.05) is 0 Å². The maximum atomic E-state index is 10.2. The smallest absolute Gasteiger partial charge is 0.320 e. The molecule has 0 spiro atoms. The van der Waals surface area contributed by atoms with Gasteiger partial charge in [-0.2, -0.15) is 0 Å². The molecule has 72 valence electrons.